The van der Waals surface area contributed by atoms with Crippen LogP contribution in [-0.2, 0) is 6.42 Å². The van der Waals surface area contributed by atoms with Crippen molar-refractivity contribution >= 4 is 0 Å². The van der Waals surface area contributed by atoms with Crippen LogP contribution in [-0.4, -0.2) is 12.1 Å². The SMILES string of the molecule is CC(Cc1ccc(F)cc1)NC1CCCC1(C)C. The second kappa shape index (κ2) is 5.40. The molecule has 0 radical (unpaired) electrons. The van der Waals surface area contributed by atoms with Crippen LogP contribution in [0.15, 0.2) is 24.3 Å². The van der Waals surface area contributed by atoms with Crippen LogP contribution in [0.25, 0.3) is 0 Å². The minimum atomic E-state index is -0.156. The molecule has 2 heteroatoms. The van der Waals surface area contributed by atoms with Gasteiger partial charge in [0.15, 0.2) is 0 Å². The molecule has 2 rings (SSSR count). The smallest absolute Gasteiger partial charge is 0.123 e. The molecule has 1 nitrogen and oxygen atoms in total. The summed E-state index contributed by atoms with van der Waals surface area (Å²) in [5, 5.41) is 3.74. The van der Waals surface area contributed by atoms with Gasteiger partial charge in [-0.1, -0.05) is 32.4 Å². The van der Waals surface area contributed by atoms with Gasteiger partial charge in [-0.2, -0.15) is 0 Å². The number of hydrogen-bond acceptors (Lipinski definition) is 1. The van der Waals surface area contributed by atoms with Crippen molar-refractivity contribution in [2.24, 2.45) is 5.41 Å². The van der Waals surface area contributed by atoms with E-state index in [1.807, 2.05) is 12.1 Å². The van der Waals surface area contributed by atoms with E-state index in [1.54, 1.807) is 12.1 Å². The maximum absolute atomic E-state index is 12.8. The Hall–Kier alpha value is -0.890. The first-order chi connectivity index (χ1) is 8.47. The third kappa shape index (κ3) is 3.32. The standard InChI is InChI=1S/C16H24FN/c1-12(11-13-6-8-14(17)9-7-13)18-15-5-4-10-16(15,2)3/h6-9,12,15,18H,4-5,10-11H2,1-3H3. The van der Waals surface area contributed by atoms with E-state index in [-0.39, 0.29) is 5.82 Å². The molecule has 0 spiro atoms. The van der Waals surface area contributed by atoms with Crippen LogP contribution in [0.5, 0.6) is 0 Å². The number of halogens is 1. The first-order valence-electron chi connectivity index (χ1n) is 6.98. The molecule has 0 aliphatic heterocycles. The second-order valence-corrected chi connectivity index (χ2v) is 6.33. The zero-order valence-electron chi connectivity index (χ0n) is 11.7. The molecule has 2 atom stereocenters. The van der Waals surface area contributed by atoms with Crippen molar-refractivity contribution in [3.05, 3.63) is 35.6 Å². The third-order valence-corrected chi connectivity index (χ3v) is 4.20. The Bertz CT molecular complexity index is 383. The van der Waals surface area contributed by atoms with Crippen LogP contribution >= 0.6 is 0 Å². The maximum Gasteiger partial charge on any atom is 0.123 e. The fourth-order valence-corrected chi connectivity index (χ4v) is 3.01. The molecule has 0 heterocycles. The zero-order chi connectivity index (χ0) is 13.2. The highest BCUT2D eigenvalue weighted by Gasteiger charge is 2.34. The summed E-state index contributed by atoms with van der Waals surface area (Å²) in [5.74, 6) is -0.156. The van der Waals surface area contributed by atoms with Crippen LogP contribution in [0.1, 0.15) is 45.6 Å². The minimum Gasteiger partial charge on any atom is -0.311 e. The summed E-state index contributed by atoms with van der Waals surface area (Å²) in [7, 11) is 0. The van der Waals surface area contributed by atoms with Gasteiger partial charge in [0, 0.05) is 12.1 Å². The van der Waals surface area contributed by atoms with E-state index in [1.165, 1.54) is 24.8 Å². The van der Waals surface area contributed by atoms with Gasteiger partial charge in [0.1, 0.15) is 5.82 Å². The molecular formula is C16H24FN. The molecule has 2 unspecified atom stereocenters. The Morgan fingerprint density at radius 2 is 2.00 bits per heavy atom. The van der Waals surface area contributed by atoms with Crippen LogP contribution < -0.4 is 5.32 Å². The van der Waals surface area contributed by atoms with Gasteiger partial charge in [0.2, 0.25) is 0 Å². The molecule has 18 heavy (non-hydrogen) atoms. The molecule has 1 aromatic carbocycles. The van der Waals surface area contributed by atoms with E-state index >= 15 is 0 Å². The average molecular weight is 249 g/mol. The van der Waals surface area contributed by atoms with Crippen molar-refractivity contribution in [1.29, 1.82) is 0 Å². The van der Waals surface area contributed by atoms with Gasteiger partial charge in [0.05, 0.1) is 0 Å². The topological polar surface area (TPSA) is 12.0 Å². The molecule has 1 saturated carbocycles. The van der Waals surface area contributed by atoms with E-state index in [9.17, 15) is 4.39 Å². The quantitative estimate of drug-likeness (QED) is 0.852. The van der Waals surface area contributed by atoms with Gasteiger partial charge in [-0.15, -0.1) is 0 Å². The van der Waals surface area contributed by atoms with Gasteiger partial charge in [0.25, 0.3) is 0 Å². The van der Waals surface area contributed by atoms with Crippen molar-refractivity contribution in [2.45, 2.75) is 58.5 Å². The van der Waals surface area contributed by atoms with Crippen LogP contribution in [0, 0.1) is 11.2 Å². The Kier molecular flexibility index (Phi) is 4.06. The molecule has 0 aromatic heterocycles. The molecule has 0 amide bonds. The van der Waals surface area contributed by atoms with Crippen molar-refractivity contribution in [3.8, 4) is 0 Å². The lowest BCUT2D eigenvalue weighted by molar-refractivity contribution is 0.265. The lowest BCUT2D eigenvalue weighted by Crippen LogP contribution is -2.43. The normalized spacial score (nSPS) is 24.1. The largest absolute Gasteiger partial charge is 0.311 e. The van der Waals surface area contributed by atoms with Crippen LogP contribution in [0.3, 0.4) is 0 Å². The molecule has 1 aliphatic carbocycles. The van der Waals surface area contributed by atoms with Crippen molar-refractivity contribution < 1.29 is 4.39 Å². The molecule has 1 N–H and O–H groups in total. The Morgan fingerprint density at radius 3 is 2.56 bits per heavy atom. The highest BCUT2D eigenvalue weighted by Crippen LogP contribution is 2.37. The van der Waals surface area contributed by atoms with E-state index in [2.05, 4.69) is 26.1 Å². The summed E-state index contributed by atoms with van der Waals surface area (Å²) >= 11 is 0. The van der Waals surface area contributed by atoms with Crippen molar-refractivity contribution in [1.82, 2.24) is 5.32 Å². The number of nitrogens with one attached hydrogen (secondary N) is 1. The predicted molar refractivity (Wildman–Crippen MR) is 74.1 cm³/mol. The summed E-state index contributed by atoms with van der Waals surface area (Å²) in [5.41, 5.74) is 1.61. The monoisotopic (exact) mass is 249 g/mol. The summed E-state index contributed by atoms with van der Waals surface area (Å²) in [4.78, 5) is 0. The lowest BCUT2D eigenvalue weighted by atomic mass is 9.87. The van der Waals surface area contributed by atoms with Gasteiger partial charge >= 0.3 is 0 Å². The Labute approximate surface area is 110 Å². The van der Waals surface area contributed by atoms with E-state index in [4.69, 9.17) is 0 Å². The second-order valence-electron chi connectivity index (χ2n) is 6.33. The summed E-state index contributed by atoms with van der Waals surface area (Å²) in [6.07, 6.45) is 4.88. The van der Waals surface area contributed by atoms with Crippen LogP contribution in [0.4, 0.5) is 4.39 Å². The van der Waals surface area contributed by atoms with E-state index in [0.717, 1.165) is 6.42 Å². The minimum absolute atomic E-state index is 0.156. The molecule has 1 aromatic rings. The first kappa shape index (κ1) is 13.5. The first-order valence-corrected chi connectivity index (χ1v) is 6.98. The fraction of sp³-hybridized carbons (Fsp3) is 0.625. The van der Waals surface area contributed by atoms with Gasteiger partial charge in [-0.25, -0.2) is 4.39 Å². The zero-order valence-corrected chi connectivity index (χ0v) is 11.7. The number of benzene rings is 1. The summed E-state index contributed by atoms with van der Waals surface area (Å²) in [6.45, 7) is 6.92. The lowest BCUT2D eigenvalue weighted by Gasteiger charge is -2.31. The highest BCUT2D eigenvalue weighted by atomic mass is 19.1. The predicted octanol–water partition coefficient (Wildman–Crippen LogP) is 3.93. The van der Waals surface area contributed by atoms with Gasteiger partial charge < -0.3 is 5.32 Å². The van der Waals surface area contributed by atoms with Crippen LogP contribution in [0.2, 0.25) is 0 Å². The molecule has 0 saturated heterocycles. The van der Waals surface area contributed by atoms with Gasteiger partial charge in [-0.05, 0) is 49.3 Å². The molecule has 0 bridgehead atoms. The maximum atomic E-state index is 12.8. The van der Waals surface area contributed by atoms with Gasteiger partial charge in [-0.3, -0.25) is 0 Å². The fourth-order valence-electron chi connectivity index (χ4n) is 3.01. The number of hydrogen-bond donors (Lipinski definition) is 1. The average Bonchev–Trinajstić information content (AvgIpc) is 2.62. The van der Waals surface area contributed by atoms with Crippen molar-refractivity contribution in [3.63, 3.8) is 0 Å². The summed E-state index contributed by atoms with van der Waals surface area (Å²) < 4.78 is 12.8. The van der Waals surface area contributed by atoms with Crippen molar-refractivity contribution in [2.75, 3.05) is 0 Å². The summed E-state index contributed by atoms with van der Waals surface area (Å²) in [6, 6.07) is 7.91. The molecular weight excluding hydrogens is 225 g/mol. The number of rotatable bonds is 4. The third-order valence-electron chi connectivity index (χ3n) is 4.20. The Balaban J connectivity index is 1.89. The molecule has 1 fully saturated rings. The molecule has 1 aliphatic rings. The van der Waals surface area contributed by atoms with E-state index < -0.39 is 0 Å². The molecule has 100 valence electrons. The Morgan fingerprint density at radius 1 is 1.33 bits per heavy atom. The van der Waals surface area contributed by atoms with E-state index in [0.29, 0.717) is 17.5 Å². The highest BCUT2D eigenvalue weighted by molar-refractivity contribution is 5.17.